The first-order valence-electron chi connectivity index (χ1n) is 13.6. The molecule has 2 aromatic carbocycles. The van der Waals surface area contributed by atoms with Crippen molar-refractivity contribution >= 4 is 23.7 Å². The van der Waals surface area contributed by atoms with Gasteiger partial charge in [0, 0.05) is 24.2 Å². The highest BCUT2D eigenvalue weighted by atomic mass is 19.1. The van der Waals surface area contributed by atoms with Crippen molar-refractivity contribution in [2.75, 3.05) is 19.7 Å². The third-order valence-electron chi connectivity index (χ3n) is 8.62. The van der Waals surface area contributed by atoms with E-state index in [2.05, 4.69) is 40.4 Å². The molecule has 5 atom stereocenters. The van der Waals surface area contributed by atoms with Gasteiger partial charge in [-0.1, -0.05) is 26.0 Å². The molecule has 0 radical (unpaired) electrons. The Labute approximate surface area is 236 Å². The van der Waals surface area contributed by atoms with Gasteiger partial charge in [-0.2, -0.15) is 0 Å². The zero-order chi connectivity index (χ0) is 29.1. The van der Waals surface area contributed by atoms with Crippen molar-refractivity contribution in [3.05, 3.63) is 65.0 Å². The number of halogens is 1. The first kappa shape index (κ1) is 26.8. The molecule has 4 aliphatic rings. The monoisotopic (exact) mass is 564 g/mol. The normalized spacial score (nSPS) is 29.1. The van der Waals surface area contributed by atoms with E-state index in [0.29, 0.717) is 17.9 Å². The Morgan fingerprint density at radius 1 is 1.15 bits per heavy atom. The number of fused-ring (bicyclic) bond motifs is 1. The highest BCUT2D eigenvalue weighted by Gasteiger charge is 2.66. The summed E-state index contributed by atoms with van der Waals surface area (Å²) in [5, 5.41) is 43.5. The molecule has 4 heterocycles. The second kappa shape index (κ2) is 9.61. The highest BCUT2D eigenvalue weighted by Crippen LogP contribution is 2.41. The molecule has 0 bridgehead atoms. The molecule has 3 fully saturated rings. The van der Waals surface area contributed by atoms with E-state index in [9.17, 15) is 19.1 Å². The van der Waals surface area contributed by atoms with Gasteiger partial charge in [-0.15, -0.1) is 0 Å². The van der Waals surface area contributed by atoms with Crippen LogP contribution in [-0.4, -0.2) is 83.3 Å². The molecule has 0 saturated carbocycles. The summed E-state index contributed by atoms with van der Waals surface area (Å²) in [5.41, 5.74) is 0.132. The number of nitrogens with one attached hydrogen (secondary N) is 7. The summed E-state index contributed by atoms with van der Waals surface area (Å²) < 4.78 is 19.2. The Morgan fingerprint density at radius 2 is 1.90 bits per heavy atom. The van der Waals surface area contributed by atoms with E-state index >= 15 is 0 Å². The van der Waals surface area contributed by atoms with E-state index < -0.39 is 47.5 Å². The maximum atomic E-state index is 13.5. The number of aliphatic hydroxyl groups is 1. The Bertz CT molecular complexity index is 1430. The SMILES string of the molecule is CC1(C)CCOc2c(C(=O)NC3CN4C(=N)N[C@@H](CNC(=O)c5ccc(F)cc5)C5NC(=N)NC54[C@@H]3O)cccc21. The molecule has 3 saturated heterocycles. The zero-order valence-corrected chi connectivity index (χ0v) is 22.7. The minimum Gasteiger partial charge on any atom is -0.492 e. The van der Waals surface area contributed by atoms with Crippen LogP contribution >= 0.6 is 0 Å². The standard InChI is InChI=1S/C28H33FN8O4/c1-27(2)10-11-41-20-16(4-3-5-17(20)27)24(40)33-19-13-37-26(31)34-18(21-28(37,22(19)38)36-25(30)35-21)12-32-23(39)14-6-8-15(29)9-7-14/h3-9,18-19,21-22,38H,10-13H2,1-2H3,(H2,31,34)(H,32,39)(H,33,40)(H3,30,35,36)/t18-,19?,21?,22+,28?/m0/s1. The number of hydrogen-bond donors (Lipinski definition) is 8. The summed E-state index contributed by atoms with van der Waals surface area (Å²) >= 11 is 0. The average molecular weight is 565 g/mol. The molecule has 12 nitrogen and oxygen atoms in total. The zero-order valence-electron chi connectivity index (χ0n) is 22.7. The van der Waals surface area contributed by atoms with Gasteiger partial charge in [-0.25, -0.2) is 4.39 Å². The fraction of sp³-hybridized carbons (Fsp3) is 0.429. The number of carbonyl (C=O) groups is 2. The van der Waals surface area contributed by atoms with Crippen LogP contribution in [0.2, 0.25) is 0 Å². The van der Waals surface area contributed by atoms with Crippen molar-refractivity contribution in [3.63, 3.8) is 0 Å². The van der Waals surface area contributed by atoms with Crippen LogP contribution in [0.5, 0.6) is 5.75 Å². The van der Waals surface area contributed by atoms with Crippen molar-refractivity contribution < 1.29 is 23.8 Å². The molecule has 3 unspecified atom stereocenters. The molecule has 1 spiro atoms. The van der Waals surface area contributed by atoms with Gasteiger partial charge in [0.15, 0.2) is 17.6 Å². The lowest BCUT2D eigenvalue weighted by molar-refractivity contribution is 0.00611. The summed E-state index contributed by atoms with van der Waals surface area (Å²) in [4.78, 5) is 27.8. The minimum atomic E-state index is -1.32. The number of amides is 2. The molecule has 0 aliphatic carbocycles. The Kier molecular flexibility index (Phi) is 6.29. The minimum absolute atomic E-state index is 0.0238. The van der Waals surface area contributed by atoms with Crippen molar-refractivity contribution in [2.45, 2.75) is 55.6 Å². The fourth-order valence-electron chi connectivity index (χ4n) is 6.40. The van der Waals surface area contributed by atoms with Crippen LogP contribution in [0.15, 0.2) is 42.5 Å². The van der Waals surface area contributed by atoms with E-state index in [0.717, 1.165) is 12.0 Å². The second-order valence-corrected chi connectivity index (χ2v) is 11.6. The van der Waals surface area contributed by atoms with Gasteiger partial charge in [0.05, 0.1) is 30.3 Å². The number of ether oxygens (including phenoxy) is 1. The van der Waals surface area contributed by atoms with Gasteiger partial charge >= 0.3 is 0 Å². The van der Waals surface area contributed by atoms with Gasteiger partial charge in [-0.3, -0.25) is 20.4 Å². The number of benzene rings is 2. The summed E-state index contributed by atoms with van der Waals surface area (Å²) in [5.74, 6) is -0.818. The summed E-state index contributed by atoms with van der Waals surface area (Å²) in [6, 6.07) is 8.58. The van der Waals surface area contributed by atoms with E-state index in [-0.39, 0.29) is 36.0 Å². The van der Waals surface area contributed by atoms with Crippen LogP contribution in [0.1, 0.15) is 46.5 Å². The largest absolute Gasteiger partial charge is 0.492 e. The Hall–Kier alpha value is -4.39. The van der Waals surface area contributed by atoms with Crippen molar-refractivity contribution in [3.8, 4) is 5.75 Å². The van der Waals surface area contributed by atoms with Crippen molar-refractivity contribution in [2.24, 2.45) is 0 Å². The number of rotatable bonds is 5. The lowest BCUT2D eigenvalue weighted by atomic mass is 9.79. The van der Waals surface area contributed by atoms with Crippen molar-refractivity contribution in [1.29, 1.82) is 10.8 Å². The maximum absolute atomic E-state index is 13.5. The van der Waals surface area contributed by atoms with Crippen LogP contribution in [0.3, 0.4) is 0 Å². The molecule has 2 amide bonds. The lowest BCUT2D eigenvalue weighted by Crippen LogP contribution is -2.78. The number of aliphatic hydroxyl groups excluding tert-OH is 1. The number of carbonyl (C=O) groups excluding carboxylic acids is 2. The smallest absolute Gasteiger partial charge is 0.255 e. The number of para-hydroxylation sites is 1. The van der Waals surface area contributed by atoms with E-state index in [1.165, 1.54) is 24.3 Å². The number of hydrogen-bond acceptors (Lipinski definition) is 6. The lowest BCUT2D eigenvalue weighted by Gasteiger charge is -2.49. The van der Waals surface area contributed by atoms with Gasteiger partial charge in [0.2, 0.25) is 0 Å². The molecule has 6 rings (SSSR count). The first-order valence-corrected chi connectivity index (χ1v) is 13.6. The van der Waals surface area contributed by atoms with E-state index in [4.69, 9.17) is 15.6 Å². The van der Waals surface area contributed by atoms with E-state index in [1.807, 2.05) is 12.1 Å². The van der Waals surface area contributed by atoms with Gasteiger partial charge < -0.3 is 41.3 Å². The molecular weight excluding hydrogens is 531 g/mol. The van der Waals surface area contributed by atoms with Crippen molar-refractivity contribution in [1.82, 2.24) is 31.5 Å². The molecule has 2 aromatic rings. The fourth-order valence-corrected chi connectivity index (χ4v) is 6.40. The van der Waals surface area contributed by atoms with Crippen LogP contribution in [0, 0.1) is 16.6 Å². The topological polar surface area (TPSA) is 175 Å². The predicted octanol–water partition coefficient (Wildman–Crippen LogP) is 0.190. The molecule has 41 heavy (non-hydrogen) atoms. The third-order valence-corrected chi connectivity index (χ3v) is 8.62. The summed E-state index contributed by atoms with van der Waals surface area (Å²) in [6.07, 6.45) is -0.391. The third kappa shape index (κ3) is 4.31. The Morgan fingerprint density at radius 3 is 2.66 bits per heavy atom. The highest BCUT2D eigenvalue weighted by molar-refractivity contribution is 5.98. The van der Waals surface area contributed by atoms with Gasteiger partial charge in [0.1, 0.15) is 17.7 Å². The quantitative estimate of drug-likeness (QED) is 0.254. The Balaban J connectivity index is 1.22. The van der Waals surface area contributed by atoms with Crippen LogP contribution < -0.4 is 31.3 Å². The van der Waals surface area contributed by atoms with Gasteiger partial charge in [0.25, 0.3) is 11.8 Å². The van der Waals surface area contributed by atoms with Gasteiger partial charge in [-0.05, 0) is 42.2 Å². The first-order chi connectivity index (χ1) is 19.5. The van der Waals surface area contributed by atoms with Crippen LogP contribution in [-0.2, 0) is 5.41 Å². The number of guanidine groups is 2. The molecule has 216 valence electrons. The molecule has 13 heteroatoms. The molecule has 8 N–H and O–H groups in total. The molecular formula is C28H33FN8O4. The molecule has 4 aliphatic heterocycles. The second-order valence-electron chi connectivity index (χ2n) is 11.6. The van der Waals surface area contributed by atoms with Crippen LogP contribution in [0.25, 0.3) is 0 Å². The molecule has 0 aromatic heterocycles. The number of nitrogens with zero attached hydrogens (tertiary/aromatic N) is 1. The predicted molar refractivity (Wildman–Crippen MR) is 147 cm³/mol. The summed E-state index contributed by atoms with van der Waals surface area (Å²) in [6.45, 7) is 4.87. The average Bonchev–Trinajstić information content (AvgIpc) is 3.43. The van der Waals surface area contributed by atoms with E-state index in [1.54, 1.807) is 11.0 Å². The maximum Gasteiger partial charge on any atom is 0.255 e. The van der Waals surface area contributed by atoms with Crippen LogP contribution in [0.4, 0.5) is 4.39 Å². The summed E-state index contributed by atoms with van der Waals surface area (Å²) in [7, 11) is 0.